The monoisotopic (exact) mass is 284 g/mol. The number of hydrogen-bond acceptors (Lipinski definition) is 3. The molecule has 22 heavy (non-hydrogen) atoms. The second-order valence-corrected chi connectivity index (χ2v) is 5.13. The van der Waals surface area contributed by atoms with Gasteiger partial charge in [0.1, 0.15) is 17.5 Å². The molecular weight excluding hydrogens is 272 g/mol. The quantitative estimate of drug-likeness (QED) is 0.535. The molecule has 2 aromatic carbocycles. The first-order valence-corrected chi connectivity index (χ1v) is 7.03. The predicted molar refractivity (Wildman–Crippen MR) is 85.4 cm³/mol. The summed E-state index contributed by atoms with van der Waals surface area (Å²) in [6, 6.07) is 20.1. The van der Waals surface area contributed by atoms with Crippen molar-refractivity contribution in [2.45, 2.75) is 6.92 Å². The lowest BCUT2D eigenvalue weighted by Gasteiger charge is -2.09. The average Bonchev–Trinajstić information content (AvgIpc) is 2.94. The zero-order chi connectivity index (χ0) is 15.1. The number of nitrogens with zero attached hydrogens (tertiary/aromatic N) is 4. The summed E-state index contributed by atoms with van der Waals surface area (Å²) in [6.07, 6.45) is 0. The van der Waals surface area contributed by atoms with Crippen LogP contribution in [0.15, 0.2) is 54.6 Å². The van der Waals surface area contributed by atoms with E-state index in [1.807, 2.05) is 65.9 Å². The van der Waals surface area contributed by atoms with Gasteiger partial charge in [-0.1, -0.05) is 42.5 Å². The van der Waals surface area contributed by atoms with Crippen molar-refractivity contribution in [3.8, 4) is 17.5 Å². The average molecular weight is 284 g/mol. The minimum Gasteiger partial charge on any atom is -0.275 e. The first kappa shape index (κ1) is 12.5. The van der Waals surface area contributed by atoms with E-state index in [4.69, 9.17) is 0 Å². The van der Waals surface area contributed by atoms with Crippen molar-refractivity contribution in [2.24, 2.45) is 0 Å². The van der Waals surface area contributed by atoms with Crippen LogP contribution in [0.2, 0.25) is 0 Å². The first-order chi connectivity index (χ1) is 10.8. The van der Waals surface area contributed by atoms with E-state index in [-0.39, 0.29) is 0 Å². The highest BCUT2D eigenvalue weighted by Crippen LogP contribution is 2.27. The minimum atomic E-state index is 0.524. The summed E-state index contributed by atoms with van der Waals surface area (Å²) < 4.78 is 1.97. The molecule has 0 bridgehead atoms. The Morgan fingerprint density at radius 1 is 0.955 bits per heavy atom. The molecule has 2 heterocycles. The van der Waals surface area contributed by atoms with Gasteiger partial charge in [0.05, 0.1) is 16.7 Å². The normalized spacial score (nSPS) is 10.9. The van der Waals surface area contributed by atoms with Crippen molar-refractivity contribution in [3.63, 3.8) is 0 Å². The Morgan fingerprint density at radius 3 is 2.45 bits per heavy atom. The maximum atomic E-state index is 9.46. The predicted octanol–water partition coefficient (Wildman–Crippen LogP) is 3.73. The summed E-state index contributed by atoms with van der Waals surface area (Å²) in [5.74, 6) is 0.806. The molecule has 0 amide bonds. The molecule has 0 fully saturated rings. The highest BCUT2D eigenvalue weighted by molar-refractivity contribution is 5.85. The van der Waals surface area contributed by atoms with Gasteiger partial charge >= 0.3 is 0 Å². The standard InChI is InChI=1S/C18H12N4/c1-12-14(11-19)18-21-15-9-5-6-10-16(15)22(18)17(20-12)13-7-3-2-4-8-13/h2-10H,1H3. The van der Waals surface area contributed by atoms with E-state index in [2.05, 4.69) is 16.0 Å². The van der Waals surface area contributed by atoms with E-state index >= 15 is 0 Å². The lowest BCUT2D eigenvalue weighted by atomic mass is 10.2. The van der Waals surface area contributed by atoms with Gasteiger partial charge in [-0.15, -0.1) is 0 Å². The van der Waals surface area contributed by atoms with Crippen LogP contribution in [-0.4, -0.2) is 14.4 Å². The van der Waals surface area contributed by atoms with Crippen molar-refractivity contribution in [3.05, 3.63) is 65.9 Å². The van der Waals surface area contributed by atoms with Crippen molar-refractivity contribution in [2.75, 3.05) is 0 Å². The van der Waals surface area contributed by atoms with E-state index in [1.54, 1.807) is 0 Å². The Balaban J connectivity index is 2.24. The number of hydrogen-bond donors (Lipinski definition) is 0. The van der Waals surface area contributed by atoms with Crippen molar-refractivity contribution in [1.29, 1.82) is 5.26 Å². The third kappa shape index (κ3) is 1.69. The number of nitriles is 1. The van der Waals surface area contributed by atoms with Crippen LogP contribution in [-0.2, 0) is 0 Å². The second-order valence-electron chi connectivity index (χ2n) is 5.13. The molecular formula is C18H12N4. The summed E-state index contributed by atoms with van der Waals surface area (Å²) in [6.45, 7) is 1.85. The molecule has 4 aromatic rings. The minimum absolute atomic E-state index is 0.524. The second kappa shape index (κ2) is 4.68. The van der Waals surface area contributed by atoms with Crippen LogP contribution in [0.5, 0.6) is 0 Å². The lowest BCUT2D eigenvalue weighted by molar-refractivity contribution is 1.07. The van der Waals surface area contributed by atoms with E-state index in [0.29, 0.717) is 16.9 Å². The van der Waals surface area contributed by atoms with Crippen molar-refractivity contribution >= 4 is 16.7 Å². The number of imidazole rings is 1. The molecule has 4 nitrogen and oxygen atoms in total. The number of benzene rings is 2. The molecule has 0 atom stereocenters. The van der Waals surface area contributed by atoms with E-state index < -0.39 is 0 Å². The van der Waals surface area contributed by atoms with Gasteiger partial charge in [0, 0.05) is 5.56 Å². The zero-order valence-electron chi connectivity index (χ0n) is 12.0. The van der Waals surface area contributed by atoms with Crippen molar-refractivity contribution < 1.29 is 0 Å². The SMILES string of the molecule is Cc1nc(-c2ccccc2)n2c(nc3ccccc32)c1C#N. The number of rotatable bonds is 1. The maximum Gasteiger partial charge on any atom is 0.159 e. The summed E-state index contributed by atoms with van der Waals surface area (Å²) in [5.41, 5.74) is 4.71. The molecule has 0 unspecified atom stereocenters. The molecule has 0 radical (unpaired) electrons. The largest absolute Gasteiger partial charge is 0.275 e. The van der Waals surface area contributed by atoms with Gasteiger partial charge in [0.2, 0.25) is 0 Å². The van der Waals surface area contributed by atoms with Gasteiger partial charge in [-0.05, 0) is 19.1 Å². The fourth-order valence-corrected chi connectivity index (χ4v) is 2.75. The van der Waals surface area contributed by atoms with Gasteiger partial charge < -0.3 is 0 Å². The Hall–Kier alpha value is -3.19. The number of aryl methyl sites for hydroxylation is 1. The van der Waals surface area contributed by atoms with Crippen LogP contribution in [0.1, 0.15) is 11.3 Å². The fraction of sp³-hybridized carbons (Fsp3) is 0.0556. The Kier molecular flexibility index (Phi) is 2.67. The molecule has 104 valence electrons. The zero-order valence-corrected chi connectivity index (χ0v) is 12.0. The van der Waals surface area contributed by atoms with Crippen LogP contribution < -0.4 is 0 Å². The van der Waals surface area contributed by atoms with Crippen LogP contribution >= 0.6 is 0 Å². The van der Waals surface area contributed by atoms with Crippen LogP contribution in [0, 0.1) is 18.3 Å². The fourth-order valence-electron chi connectivity index (χ4n) is 2.75. The third-order valence-corrected chi connectivity index (χ3v) is 3.78. The Morgan fingerprint density at radius 2 is 1.68 bits per heavy atom. The van der Waals surface area contributed by atoms with Crippen LogP contribution in [0.25, 0.3) is 28.1 Å². The molecule has 4 rings (SSSR count). The molecule has 0 spiro atoms. The van der Waals surface area contributed by atoms with Gasteiger partial charge in [0.15, 0.2) is 5.65 Å². The Bertz CT molecular complexity index is 1040. The maximum absolute atomic E-state index is 9.46. The van der Waals surface area contributed by atoms with E-state index in [0.717, 1.165) is 22.4 Å². The Labute approximate surface area is 127 Å². The summed E-state index contributed by atoms with van der Waals surface area (Å²) >= 11 is 0. The van der Waals surface area contributed by atoms with Gasteiger partial charge in [-0.2, -0.15) is 5.26 Å². The molecule has 0 N–H and O–H groups in total. The molecule has 0 aliphatic heterocycles. The number of para-hydroxylation sites is 2. The summed E-state index contributed by atoms with van der Waals surface area (Å²) in [7, 11) is 0. The van der Waals surface area contributed by atoms with E-state index in [9.17, 15) is 5.26 Å². The summed E-state index contributed by atoms with van der Waals surface area (Å²) in [4.78, 5) is 9.30. The van der Waals surface area contributed by atoms with Crippen LogP contribution in [0.3, 0.4) is 0 Å². The van der Waals surface area contributed by atoms with Crippen LogP contribution in [0.4, 0.5) is 0 Å². The molecule has 0 saturated carbocycles. The molecule has 2 aromatic heterocycles. The first-order valence-electron chi connectivity index (χ1n) is 7.03. The van der Waals surface area contributed by atoms with Gasteiger partial charge in [-0.25, -0.2) is 9.97 Å². The van der Waals surface area contributed by atoms with Gasteiger partial charge in [0.25, 0.3) is 0 Å². The smallest absolute Gasteiger partial charge is 0.159 e. The van der Waals surface area contributed by atoms with Gasteiger partial charge in [-0.3, -0.25) is 4.40 Å². The van der Waals surface area contributed by atoms with Crippen molar-refractivity contribution in [1.82, 2.24) is 14.4 Å². The highest BCUT2D eigenvalue weighted by Gasteiger charge is 2.16. The topological polar surface area (TPSA) is 54.0 Å². The molecule has 4 heteroatoms. The number of aromatic nitrogens is 3. The highest BCUT2D eigenvalue weighted by atomic mass is 15.1. The third-order valence-electron chi connectivity index (χ3n) is 3.78. The molecule has 0 aliphatic carbocycles. The summed E-state index contributed by atoms with van der Waals surface area (Å²) in [5, 5.41) is 9.46. The number of fused-ring (bicyclic) bond motifs is 3. The molecule has 0 aliphatic rings. The lowest BCUT2D eigenvalue weighted by Crippen LogP contribution is -2.02. The molecule has 0 saturated heterocycles. The van der Waals surface area contributed by atoms with E-state index in [1.165, 1.54) is 0 Å².